The van der Waals surface area contributed by atoms with Gasteiger partial charge in [0.25, 0.3) is 0 Å². The third-order valence-corrected chi connectivity index (χ3v) is 3.15. The van der Waals surface area contributed by atoms with Gasteiger partial charge in [-0.15, -0.1) is 0 Å². The van der Waals surface area contributed by atoms with Crippen molar-refractivity contribution in [3.8, 4) is 11.6 Å². The summed E-state index contributed by atoms with van der Waals surface area (Å²) in [5.74, 6) is -0.152. The van der Waals surface area contributed by atoms with E-state index in [1.807, 2.05) is 6.07 Å². The normalized spacial score (nSPS) is 11.5. The van der Waals surface area contributed by atoms with Crippen molar-refractivity contribution < 1.29 is 17.9 Å². The largest absolute Gasteiger partial charge is 0.468 e. The average molecular weight is 351 g/mol. The lowest BCUT2D eigenvalue weighted by atomic mass is 10.3. The van der Waals surface area contributed by atoms with Crippen molar-refractivity contribution in [2.45, 2.75) is 12.7 Å². The highest BCUT2D eigenvalue weighted by Crippen LogP contribution is 2.17. The van der Waals surface area contributed by atoms with Crippen LogP contribution in [0.25, 0.3) is 5.69 Å². The molecule has 1 aromatic carbocycles. The number of hydrogen-bond donors (Lipinski definition) is 0. The molecule has 0 atom stereocenters. The van der Waals surface area contributed by atoms with Crippen LogP contribution >= 0.6 is 0 Å². The van der Waals surface area contributed by atoms with Crippen molar-refractivity contribution in [2.24, 2.45) is 0 Å². The van der Waals surface area contributed by atoms with Gasteiger partial charge in [-0.2, -0.15) is 22.5 Å². The van der Waals surface area contributed by atoms with E-state index in [1.165, 1.54) is 18.3 Å². The Labute approximate surface area is 139 Å². The van der Waals surface area contributed by atoms with Crippen molar-refractivity contribution in [3.63, 3.8) is 0 Å². The van der Waals surface area contributed by atoms with E-state index < -0.39 is 18.5 Å². The number of ether oxygens (including phenoxy) is 1. The Bertz CT molecular complexity index is 888. The molecule has 0 unspecified atom stereocenters. The van der Waals surface area contributed by atoms with Crippen molar-refractivity contribution >= 4 is 0 Å². The molecule has 0 fully saturated rings. The van der Waals surface area contributed by atoms with Crippen LogP contribution in [0.2, 0.25) is 0 Å². The van der Waals surface area contributed by atoms with Gasteiger partial charge < -0.3 is 4.74 Å². The lowest BCUT2D eigenvalue weighted by Gasteiger charge is -2.08. The zero-order chi connectivity index (χ0) is 17.9. The molecule has 130 valence electrons. The van der Waals surface area contributed by atoms with E-state index in [0.717, 1.165) is 9.36 Å². The number of hydrogen-bond acceptors (Lipinski definition) is 5. The summed E-state index contributed by atoms with van der Waals surface area (Å²) in [6, 6.07) is 11.6. The van der Waals surface area contributed by atoms with Gasteiger partial charge in [0.15, 0.2) is 6.61 Å². The number of aromatic nitrogens is 5. The molecule has 0 aliphatic heterocycles. The number of alkyl halides is 3. The topological polar surface area (TPSA) is 74.8 Å². The Balaban J connectivity index is 1.71. The molecule has 0 spiro atoms. The van der Waals surface area contributed by atoms with E-state index in [1.54, 1.807) is 24.3 Å². The molecule has 0 saturated heterocycles. The highest BCUT2D eigenvalue weighted by molar-refractivity contribution is 5.29. The Morgan fingerprint density at radius 1 is 1.04 bits per heavy atom. The first-order valence-electron chi connectivity index (χ1n) is 7.15. The quantitative estimate of drug-likeness (QED) is 0.701. The van der Waals surface area contributed by atoms with Gasteiger partial charge in [0, 0.05) is 12.3 Å². The Hall–Kier alpha value is -3.17. The summed E-state index contributed by atoms with van der Waals surface area (Å²) in [6.07, 6.45) is -3.11. The fourth-order valence-electron chi connectivity index (χ4n) is 2.02. The number of tetrazole rings is 1. The molecule has 3 rings (SSSR count). The highest BCUT2D eigenvalue weighted by atomic mass is 19.4. The summed E-state index contributed by atoms with van der Waals surface area (Å²) in [5, 5.41) is 7.59. The first-order chi connectivity index (χ1) is 11.9. The minimum Gasteiger partial charge on any atom is -0.468 e. The first kappa shape index (κ1) is 16.7. The number of benzene rings is 1. The van der Waals surface area contributed by atoms with Crippen molar-refractivity contribution in [2.75, 3.05) is 6.61 Å². The third-order valence-electron chi connectivity index (χ3n) is 3.15. The molecule has 0 N–H and O–H groups in total. The molecular weight excluding hydrogens is 339 g/mol. The molecule has 2 aromatic heterocycles. The molecular formula is C15H12F3N5O2. The highest BCUT2D eigenvalue weighted by Gasteiger charge is 2.28. The maximum absolute atomic E-state index is 12.3. The number of halogens is 3. The van der Waals surface area contributed by atoms with Crippen LogP contribution in [0, 0.1) is 0 Å². The second kappa shape index (κ2) is 6.75. The monoisotopic (exact) mass is 351 g/mol. The zero-order valence-corrected chi connectivity index (χ0v) is 12.7. The van der Waals surface area contributed by atoms with Crippen molar-refractivity contribution in [3.05, 3.63) is 64.7 Å². The molecule has 2 heterocycles. The minimum atomic E-state index is -4.43. The van der Waals surface area contributed by atoms with Crippen LogP contribution < -0.4 is 10.4 Å². The van der Waals surface area contributed by atoms with Gasteiger partial charge in [-0.3, -0.25) is 0 Å². The van der Waals surface area contributed by atoms with Crippen molar-refractivity contribution in [1.82, 2.24) is 24.8 Å². The van der Waals surface area contributed by atoms with Crippen LogP contribution in [0.4, 0.5) is 13.2 Å². The smallest absolute Gasteiger partial charge is 0.422 e. The molecule has 0 saturated carbocycles. The maximum atomic E-state index is 12.3. The summed E-state index contributed by atoms with van der Waals surface area (Å²) in [7, 11) is 0. The Morgan fingerprint density at radius 3 is 2.44 bits per heavy atom. The predicted octanol–water partition coefficient (Wildman–Crippen LogP) is 1.81. The fourth-order valence-corrected chi connectivity index (χ4v) is 2.02. The third kappa shape index (κ3) is 4.22. The standard InChI is InChI=1S/C15H12F3N5O2/c16-15(17,18)10-25-13-7-6-11(8-19-13)9-22-14(24)23(21-20-22)12-4-2-1-3-5-12/h1-8H,9-10H2. The second-order valence-corrected chi connectivity index (χ2v) is 5.07. The molecule has 0 aliphatic carbocycles. The van der Waals surface area contributed by atoms with Crippen LogP contribution in [0.15, 0.2) is 53.5 Å². The van der Waals surface area contributed by atoms with Gasteiger partial charge >= 0.3 is 11.9 Å². The predicted molar refractivity (Wildman–Crippen MR) is 80.5 cm³/mol. The molecule has 0 aliphatic rings. The molecule has 0 radical (unpaired) electrons. The van der Waals surface area contributed by atoms with E-state index in [2.05, 4.69) is 20.1 Å². The van der Waals surface area contributed by atoms with Crippen LogP contribution in [-0.2, 0) is 6.54 Å². The average Bonchev–Trinajstić information content (AvgIpc) is 2.95. The number of nitrogens with zero attached hydrogens (tertiary/aromatic N) is 5. The van der Waals surface area contributed by atoms with E-state index in [9.17, 15) is 18.0 Å². The van der Waals surface area contributed by atoms with Gasteiger partial charge in [-0.25, -0.2) is 9.78 Å². The summed E-state index contributed by atoms with van der Waals surface area (Å²) < 4.78 is 43.1. The van der Waals surface area contributed by atoms with E-state index in [-0.39, 0.29) is 12.4 Å². The first-order valence-corrected chi connectivity index (χ1v) is 7.15. The minimum absolute atomic E-state index is 0.0816. The lowest BCUT2D eigenvalue weighted by Crippen LogP contribution is -2.24. The Kier molecular flexibility index (Phi) is 4.50. The van der Waals surface area contributed by atoms with E-state index in [4.69, 9.17) is 0 Å². The van der Waals surface area contributed by atoms with E-state index >= 15 is 0 Å². The fraction of sp³-hybridized carbons (Fsp3) is 0.200. The van der Waals surface area contributed by atoms with E-state index in [0.29, 0.717) is 11.3 Å². The van der Waals surface area contributed by atoms with Gasteiger partial charge in [-0.05, 0) is 28.1 Å². The summed E-state index contributed by atoms with van der Waals surface area (Å²) >= 11 is 0. The van der Waals surface area contributed by atoms with Crippen LogP contribution in [0.1, 0.15) is 5.56 Å². The number of para-hydroxylation sites is 1. The van der Waals surface area contributed by atoms with Gasteiger partial charge in [0.2, 0.25) is 5.88 Å². The molecule has 0 bridgehead atoms. The molecule has 3 aromatic rings. The summed E-state index contributed by atoms with van der Waals surface area (Å²) in [5.41, 5.74) is 0.706. The zero-order valence-electron chi connectivity index (χ0n) is 12.7. The van der Waals surface area contributed by atoms with Crippen LogP contribution in [0.5, 0.6) is 5.88 Å². The molecule has 10 heteroatoms. The van der Waals surface area contributed by atoms with Gasteiger partial charge in [0.05, 0.1) is 12.2 Å². The Morgan fingerprint density at radius 2 is 1.80 bits per heavy atom. The maximum Gasteiger partial charge on any atom is 0.422 e. The van der Waals surface area contributed by atoms with Gasteiger partial charge in [-0.1, -0.05) is 24.3 Å². The summed E-state index contributed by atoms with van der Waals surface area (Å²) in [4.78, 5) is 16.1. The summed E-state index contributed by atoms with van der Waals surface area (Å²) in [6.45, 7) is -1.33. The van der Waals surface area contributed by atoms with Gasteiger partial charge in [0.1, 0.15) is 0 Å². The van der Waals surface area contributed by atoms with Crippen molar-refractivity contribution in [1.29, 1.82) is 0 Å². The second-order valence-electron chi connectivity index (χ2n) is 5.07. The number of rotatable bonds is 5. The molecule has 25 heavy (non-hydrogen) atoms. The molecule has 7 nitrogen and oxygen atoms in total. The van der Waals surface area contributed by atoms with Crippen LogP contribution in [0.3, 0.4) is 0 Å². The molecule has 0 amide bonds. The van der Waals surface area contributed by atoms with Crippen LogP contribution in [-0.4, -0.2) is 37.6 Å². The number of pyridine rings is 1. The lowest BCUT2D eigenvalue weighted by molar-refractivity contribution is -0.154. The SMILES string of the molecule is O=c1n(Cc2ccc(OCC(F)(F)F)nc2)nnn1-c1ccccc1.